The van der Waals surface area contributed by atoms with Crippen LogP contribution in [0, 0.1) is 5.92 Å². The van der Waals surface area contributed by atoms with E-state index in [9.17, 15) is 4.79 Å². The number of pyridine rings is 1. The van der Waals surface area contributed by atoms with Gasteiger partial charge in [0.05, 0.1) is 5.69 Å². The first-order valence-electron chi connectivity index (χ1n) is 5.80. The van der Waals surface area contributed by atoms with Crippen molar-refractivity contribution in [3.05, 3.63) is 29.6 Å². The lowest BCUT2D eigenvalue weighted by molar-refractivity contribution is 0.0690. The fraction of sp³-hybridized carbons (Fsp3) is 0.500. The van der Waals surface area contributed by atoms with E-state index in [0.717, 1.165) is 31.7 Å². The third-order valence-corrected chi connectivity index (χ3v) is 3.11. The van der Waals surface area contributed by atoms with Crippen molar-refractivity contribution in [1.82, 2.24) is 9.88 Å². The van der Waals surface area contributed by atoms with E-state index in [1.165, 1.54) is 6.07 Å². The Morgan fingerprint density at radius 1 is 1.59 bits per heavy atom. The predicted molar refractivity (Wildman–Crippen MR) is 63.6 cm³/mol. The van der Waals surface area contributed by atoms with Gasteiger partial charge in [0.15, 0.2) is 0 Å². The molecule has 0 radical (unpaired) electrons. The highest BCUT2D eigenvalue weighted by atomic mass is 16.4. The van der Waals surface area contributed by atoms with Crippen LogP contribution in [-0.2, 0) is 6.54 Å². The maximum atomic E-state index is 10.8. The van der Waals surface area contributed by atoms with Crippen molar-refractivity contribution in [2.24, 2.45) is 11.7 Å². The second-order valence-corrected chi connectivity index (χ2v) is 4.44. The number of hydrogen-bond acceptors (Lipinski definition) is 4. The van der Waals surface area contributed by atoms with Gasteiger partial charge in [-0.1, -0.05) is 6.07 Å². The molecule has 5 heteroatoms. The first kappa shape index (κ1) is 12.0. The zero-order valence-electron chi connectivity index (χ0n) is 9.67. The summed E-state index contributed by atoms with van der Waals surface area (Å²) >= 11 is 0. The Bertz CT molecular complexity index is 408. The fourth-order valence-corrected chi connectivity index (χ4v) is 2.16. The van der Waals surface area contributed by atoms with Crippen LogP contribution < -0.4 is 5.73 Å². The Balaban J connectivity index is 1.99. The number of carboxylic acids is 1. The molecule has 3 N–H and O–H groups in total. The van der Waals surface area contributed by atoms with Crippen molar-refractivity contribution < 1.29 is 9.90 Å². The summed E-state index contributed by atoms with van der Waals surface area (Å²) in [5.41, 5.74) is 6.55. The summed E-state index contributed by atoms with van der Waals surface area (Å²) in [6.45, 7) is 3.42. The number of aromatic carboxylic acids is 1. The highest BCUT2D eigenvalue weighted by Gasteiger charge is 2.21. The third-order valence-electron chi connectivity index (χ3n) is 3.11. The van der Waals surface area contributed by atoms with Crippen LogP contribution in [0.3, 0.4) is 0 Å². The minimum atomic E-state index is -0.979. The zero-order chi connectivity index (χ0) is 12.3. The normalized spacial score (nSPS) is 20.6. The topological polar surface area (TPSA) is 79.5 Å². The first-order chi connectivity index (χ1) is 8.19. The molecule has 92 valence electrons. The van der Waals surface area contributed by atoms with E-state index < -0.39 is 5.97 Å². The Labute approximate surface area is 100 Å². The molecular weight excluding hydrogens is 218 g/mol. The number of likely N-dealkylation sites (tertiary alicyclic amines) is 1. The van der Waals surface area contributed by atoms with Crippen molar-refractivity contribution in [1.29, 1.82) is 0 Å². The molecule has 1 aromatic heterocycles. The highest BCUT2D eigenvalue weighted by Crippen LogP contribution is 2.16. The second kappa shape index (κ2) is 5.25. The highest BCUT2D eigenvalue weighted by molar-refractivity contribution is 5.85. The van der Waals surface area contributed by atoms with Crippen LogP contribution in [-0.4, -0.2) is 40.6 Å². The molecule has 1 saturated heterocycles. The summed E-state index contributed by atoms with van der Waals surface area (Å²) in [5, 5.41) is 8.86. The van der Waals surface area contributed by atoms with Crippen LogP contribution in [0.5, 0.6) is 0 Å². The van der Waals surface area contributed by atoms with Crippen LogP contribution in [0.15, 0.2) is 18.2 Å². The second-order valence-electron chi connectivity index (χ2n) is 4.44. The van der Waals surface area contributed by atoms with Crippen LogP contribution >= 0.6 is 0 Å². The molecule has 1 fully saturated rings. The Kier molecular flexibility index (Phi) is 3.71. The molecule has 1 atom stereocenters. The first-order valence-corrected chi connectivity index (χ1v) is 5.80. The van der Waals surface area contributed by atoms with E-state index >= 15 is 0 Å². The van der Waals surface area contributed by atoms with Crippen LogP contribution in [0.4, 0.5) is 0 Å². The van der Waals surface area contributed by atoms with Gasteiger partial charge in [0.25, 0.3) is 0 Å². The molecule has 0 bridgehead atoms. The van der Waals surface area contributed by atoms with E-state index in [4.69, 9.17) is 10.8 Å². The maximum Gasteiger partial charge on any atom is 0.354 e. The summed E-state index contributed by atoms with van der Waals surface area (Å²) in [7, 11) is 0. The number of carbonyl (C=O) groups is 1. The number of aromatic nitrogens is 1. The fourth-order valence-electron chi connectivity index (χ4n) is 2.16. The molecule has 2 rings (SSSR count). The van der Waals surface area contributed by atoms with Crippen molar-refractivity contribution >= 4 is 5.97 Å². The molecule has 0 spiro atoms. The summed E-state index contributed by atoms with van der Waals surface area (Å²) in [4.78, 5) is 17.2. The Morgan fingerprint density at radius 2 is 2.41 bits per heavy atom. The maximum absolute atomic E-state index is 10.8. The van der Waals surface area contributed by atoms with Gasteiger partial charge in [0.1, 0.15) is 5.69 Å². The Morgan fingerprint density at radius 3 is 3.06 bits per heavy atom. The van der Waals surface area contributed by atoms with E-state index in [1.54, 1.807) is 6.07 Å². The third kappa shape index (κ3) is 3.01. The summed E-state index contributed by atoms with van der Waals surface area (Å²) in [6.07, 6.45) is 1.12. The van der Waals surface area contributed by atoms with Gasteiger partial charge in [0.2, 0.25) is 0 Å². The van der Waals surface area contributed by atoms with E-state index in [1.807, 2.05) is 6.07 Å². The zero-order valence-corrected chi connectivity index (χ0v) is 9.67. The van der Waals surface area contributed by atoms with Crippen LogP contribution in [0.1, 0.15) is 22.6 Å². The van der Waals surface area contributed by atoms with Gasteiger partial charge in [0, 0.05) is 13.1 Å². The van der Waals surface area contributed by atoms with Crippen molar-refractivity contribution in [2.75, 3.05) is 19.6 Å². The molecule has 1 aliphatic heterocycles. The van der Waals surface area contributed by atoms with Gasteiger partial charge < -0.3 is 10.8 Å². The summed E-state index contributed by atoms with van der Waals surface area (Å²) in [5.74, 6) is -0.411. The SMILES string of the molecule is NCC1CCN(Cc2cccc(C(=O)O)n2)C1. The van der Waals surface area contributed by atoms with E-state index in [-0.39, 0.29) is 5.69 Å². The molecule has 0 aromatic carbocycles. The van der Waals surface area contributed by atoms with Gasteiger partial charge >= 0.3 is 5.97 Å². The minimum absolute atomic E-state index is 0.108. The monoisotopic (exact) mass is 235 g/mol. The molecule has 0 amide bonds. The van der Waals surface area contributed by atoms with E-state index in [0.29, 0.717) is 12.5 Å². The van der Waals surface area contributed by atoms with Crippen molar-refractivity contribution in [3.63, 3.8) is 0 Å². The lowest BCUT2D eigenvalue weighted by Gasteiger charge is -2.15. The van der Waals surface area contributed by atoms with Crippen LogP contribution in [0.2, 0.25) is 0 Å². The standard InChI is InChI=1S/C12H17N3O2/c13-6-9-4-5-15(7-9)8-10-2-1-3-11(14-10)12(16)17/h1-3,9H,4-8,13H2,(H,16,17). The quantitative estimate of drug-likeness (QED) is 0.797. The van der Waals surface area contributed by atoms with E-state index in [2.05, 4.69) is 9.88 Å². The number of hydrogen-bond donors (Lipinski definition) is 2. The average molecular weight is 235 g/mol. The number of nitrogens with zero attached hydrogens (tertiary/aromatic N) is 2. The van der Waals surface area contributed by atoms with Gasteiger partial charge in [-0.05, 0) is 37.6 Å². The molecule has 1 unspecified atom stereocenters. The smallest absolute Gasteiger partial charge is 0.354 e. The molecule has 0 saturated carbocycles. The van der Waals surface area contributed by atoms with Gasteiger partial charge in [-0.3, -0.25) is 4.90 Å². The minimum Gasteiger partial charge on any atom is -0.477 e. The van der Waals surface area contributed by atoms with Crippen molar-refractivity contribution in [3.8, 4) is 0 Å². The summed E-state index contributed by atoms with van der Waals surface area (Å²) in [6, 6.07) is 5.11. The molecule has 1 aromatic rings. The van der Waals surface area contributed by atoms with Crippen molar-refractivity contribution in [2.45, 2.75) is 13.0 Å². The lowest BCUT2D eigenvalue weighted by Crippen LogP contribution is -2.23. The number of carboxylic acid groups (broad SMARTS) is 1. The molecular formula is C12H17N3O2. The van der Waals surface area contributed by atoms with Gasteiger partial charge in [-0.2, -0.15) is 0 Å². The van der Waals surface area contributed by atoms with Gasteiger partial charge in [-0.15, -0.1) is 0 Å². The molecule has 17 heavy (non-hydrogen) atoms. The lowest BCUT2D eigenvalue weighted by atomic mass is 10.1. The largest absolute Gasteiger partial charge is 0.477 e. The average Bonchev–Trinajstić information content (AvgIpc) is 2.77. The predicted octanol–water partition coefficient (Wildman–Crippen LogP) is 0.560. The molecule has 2 heterocycles. The van der Waals surface area contributed by atoms with Gasteiger partial charge in [-0.25, -0.2) is 9.78 Å². The molecule has 0 aliphatic carbocycles. The van der Waals surface area contributed by atoms with Crippen LogP contribution in [0.25, 0.3) is 0 Å². The number of rotatable bonds is 4. The Hall–Kier alpha value is -1.46. The molecule has 1 aliphatic rings. The summed E-state index contributed by atoms with van der Waals surface area (Å²) < 4.78 is 0. The molecule has 5 nitrogen and oxygen atoms in total. The number of nitrogens with two attached hydrogens (primary N) is 1.